The second-order valence-corrected chi connectivity index (χ2v) is 6.51. The van der Waals surface area contributed by atoms with Crippen LogP contribution < -0.4 is 14.8 Å². The Balaban J connectivity index is 1.84. The molecule has 3 amide bonds. The predicted octanol–water partition coefficient (Wildman–Crippen LogP) is 3.36. The molecule has 0 saturated carbocycles. The van der Waals surface area contributed by atoms with Crippen LogP contribution in [0.5, 0.6) is 11.5 Å². The van der Waals surface area contributed by atoms with Crippen LogP contribution >= 0.6 is 11.6 Å². The Kier molecular flexibility index (Phi) is 5.69. The fraction of sp³-hybridized carbons (Fsp3) is 0.158. The molecule has 1 fully saturated rings. The number of non-ortho nitro benzene ring substituents is 1. The van der Waals surface area contributed by atoms with E-state index in [-0.39, 0.29) is 28.8 Å². The number of imide groups is 1. The van der Waals surface area contributed by atoms with E-state index in [1.807, 2.05) is 0 Å². The van der Waals surface area contributed by atoms with E-state index in [4.69, 9.17) is 21.1 Å². The highest BCUT2D eigenvalue weighted by atomic mass is 35.5. The van der Waals surface area contributed by atoms with Gasteiger partial charge < -0.3 is 14.8 Å². The first kappa shape index (κ1) is 20.2. The maximum atomic E-state index is 12.0. The number of nitro groups is 1. The van der Waals surface area contributed by atoms with E-state index in [2.05, 4.69) is 5.32 Å². The zero-order chi connectivity index (χ0) is 21.1. The largest absolute Gasteiger partial charge is 0.493 e. The number of likely N-dealkylation sites (N-methyl/N-ethyl adjacent to an activating group) is 1. The zero-order valence-electron chi connectivity index (χ0n) is 15.5. The zero-order valence-corrected chi connectivity index (χ0v) is 16.2. The lowest BCUT2D eigenvalue weighted by Gasteiger charge is -2.13. The Labute approximate surface area is 170 Å². The Morgan fingerprint density at radius 2 is 2.03 bits per heavy atom. The molecular formula is C19H16ClN3O6. The number of ether oxygens (including phenoxy) is 2. The van der Waals surface area contributed by atoms with Crippen molar-refractivity contribution in [3.8, 4) is 11.5 Å². The van der Waals surface area contributed by atoms with E-state index < -0.39 is 16.9 Å². The van der Waals surface area contributed by atoms with Crippen molar-refractivity contribution in [3.63, 3.8) is 0 Å². The molecule has 29 heavy (non-hydrogen) atoms. The summed E-state index contributed by atoms with van der Waals surface area (Å²) < 4.78 is 11.0. The number of hydrogen-bond donors (Lipinski definition) is 1. The average Bonchev–Trinajstić information content (AvgIpc) is 2.93. The number of hydrogen-bond acceptors (Lipinski definition) is 6. The molecule has 2 aromatic carbocycles. The summed E-state index contributed by atoms with van der Waals surface area (Å²) in [5, 5.41) is 13.6. The van der Waals surface area contributed by atoms with Crippen LogP contribution in [0.15, 0.2) is 42.1 Å². The number of nitrogens with zero attached hydrogens (tertiary/aromatic N) is 2. The van der Waals surface area contributed by atoms with Crippen LogP contribution in [-0.4, -0.2) is 35.9 Å². The van der Waals surface area contributed by atoms with E-state index in [9.17, 15) is 19.7 Å². The second-order valence-electron chi connectivity index (χ2n) is 6.10. The van der Waals surface area contributed by atoms with Crippen molar-refractivity contribution < 1.29 is 24.0 Å². The van der Waals surface area contributed by atoms with Crippen LogP contribution in [0.3, 0.4) is 0 Å². The molecule has 1 aliphatic heterocycles. The van der Waals surface area contributed by atoms with Crippen molar-refractivity contribution in [3.05, 3.63) is 68.4 Å². The highest BCUT2D eigenvalue weighted by Crippen LogP contribution is 2.37. The first-order valence-electron chi connectivity index (χ1n) is 8.34. The Bertz CT molecular complexity index is 1040. The molecule has 0 atom stereocenters. The normalized spacial score (nSPS) is 14.9. The van der Waals surface area contributed by atoms with Crippen LogP contribution in [0.4, 0.5) is 10.5 Å². The average molecular weight is 418 g/mol. The fourth-order valence-electron chi connectivity index (χ4n) is 2.67. The fourth-order valence-corrected chi connectivity index (χ4v) is 2.94. The van der Waals surface area contributed by atoms with Crippen LogP contribution in [-0.2, 0) is 11.4 Å². The molecule has 0 unspecified atom stereocenters. The van der Waals surface area contributed by atoms with Gasteiger partial charge in [-0.2, -0.15) is 0 Å². The van der Waals surface area contributed by atoms with E-state index in [1.165, 1.54) is 32.4 Å². The van der Waals surface area contributed by atoms with Gasteiger partial charge in [-0.25, -0.2) is 4.79 Å². The van der Waals surface area contributed by atoms with Gasteiger partial charge in [0, 0.05) is 19.2 Å². The summed E-state index contributed by atoms with van der Waals surface area (Å²) in [6.45, 7) is 0.0392. The number of benzene rings is 2. The van der Waals surface area contributed by atoms with Crippen LogP contribution in [0.25, 0.3) is 6.08 Å². The molecule has 1 saturated heterocycles. The Morgan fingerprint density at radius 3 is 2.66 bits per heavy atom. The molecule has 0 spiro atoms. The summed E-state index contributed by atoms with van der Waals surface area (Å²) >= 11 is 6.32. The highest BCUT2D eigenvalue weighted by Gasteiger charge is 2.30. The predicted molar refractivity (Wildman–Crippen MR) is 105 cm³/mol. The van der Waals surface area contributed by atoms with E-state index in [0.29, 0.717) is 16.9 Å². The van der Waals surface area contributed by atoms with Crippen molar-refractivity contribution in [1.29, 1.82) is 0 Å². The Morgan fingerprint density at radius 1 is 1.28 bits per heavy atom. The minimum absolute atomic E-state index is 0.0392. The number of nitrogens with one attached hydrogen (secondary N) is 1. The van der Waals surface area contributed by atoms with E-state index >= 15 is 0 Å². The summed E-state index contributed by atoms with van der Waals surface area (Å²) in [7, 11) is 2.80. The van der Waals surface area contributed by atoms with Gasteiger partial charge in [0.25, 0.3) is 11.6 Å². The quantitative estimate of drug-likeness (QED) is 0.334. The number of carbonyl (C=O) groups is 2. The number of halogens is 1. The van der Waals surface area contributed by atoms with Crippen molar-refractivity contribution in [1.82, 2.24) is 10.2 Å². The number of methoxy groups -OCH3 is 1. The van der Waals surface area contributed by atoms with Crippen LogP contribution in [0, 0.1) is 10.1 Å². The van der Waals surface area contributed by atoms with Gasteiger partial charge in [-0.1, -0.05) is 23.7 Å². The minimum atomic E-state index is -0.517. The Hall–Kier alpha value is -3.59. The molecule has 150 valence electrons. The SMILES string of the molecule is COc1cc(/C=C2/NC(=O)N(C)C2=O)cc(Cl)c1OCc1cccc([N+](=O)[O-])c1. The summed E-state index contributed by atoms with van der Waals surface area (Å²) in [4.78, 5) is 34.9. The molecule has 2 aromatic rings. The van der Waals surface area contributed by atoms with E-state index in [1.54, 1.807) is 24.3 Å². The summed E-state index contributed by atoms with van der Waals surface area (Å²) in [6.07, 6.45) is 1.47. The van der Waals surface area contributed by atoms with Gasteiger partial charge in [-0.15, -0.1) is 0 Å². The van der Waals surface area contributed by atoms with Gasteiger partial charge in [0.2, 0.25) is 0 Å². The standard InChI is InChI=1S/C19H16ClN3O6/c1-22-18(24)15(21-19(22)25)8-12-7-14(20)17(16(9-12)28-2)29-10-11-4-3-5-13(6-11)23(26)27/h3-9H,10H2,1-2H3,(H,21,25)/b15-8+. The second kappa shape index (κ2) is 8.19. The van der Waals surface area contributed by atoms with Crippen molar-refractivity contribution in [2.24, 2.45) is 0 Å². The van der Waals surface area contributed by atoms with Gasteiger partial charge >= 0.3 is 6.03 Å². The molecule has 1 aliphatic rings. The minimum Gasteiger partial charge on any atom is -0.493 e. The molecule has 1 heterocycles. The maximum Gasteiger partial charge on any atom is 0.328 e. The lowest BCUT2D eigenvalue weighted by molar-refractivity contribution is -0.384. The van der Waals surface area contributed by atoms with Crippen molar-refractivity contribution >= 4 is 35.3 Å². The molecule has 0 aromatic heterocycles. The van der Waals surface area contributed by atoms with Gasteiger partial charge in [0.05, 0.1) is 17.1 Å². The number of rotatable bonds is 6. The first-order chi connectivity index (χ1) is 13.8. The monoisotopic (exact) mass is 417 g/mol. The van der Waals surface area contributed by atoms with Crippen molar-refractivity contribution in [2.75, 3.05) is 14.2 Å². The van der Waals surface area contributed by atoms with Crippen LogP contribution in [0.2, 0.25) is 5.02 Å². The molecule has 3 rings (SSSR count). The number of carbonyl (C=O) groups excluding carboxylic acids is 2. The molecule has 0 bridgehead atoms. The van der Waals surface area contributed by atoms with Gasteiger partial charge in [0.1, 0.15) is 12.3 Å². The lowest BCUT2D eigenvalue weighted by Crippen LogP contribution is -2.25. The summed E-state index contributed by atoms with van der Waals surface area (Å²) in [5.41, 5.74) is 1.18. The smallest absolute Gasteiger partial charge is 0.328 e. The third kappa shape index (κ3) is 4.30. The summed E-state index contributed by atoms with van der Waals surface area (Å²) in [6, 6.07) is 8.68. The third-order valence-corrected chi connectivity index (χ3v) is 4.43. The molecular weight excluding hydrogens is 402 g/mol. The van der Waals surface area contributed by atoms with Gasteiger partial charge in [-0.05, 0) is 29.3 Å². The third-order valence-electron chi connectivity index (χ3n) is 4.15. The number of amides is 3. The lowest BCUT2D eigenvalue weighted by atomic mass is 10.1. The molecule has 10 heteroatoms. The van der Waals surface area contributed by atoms with E-state index in [0.717, 1.165) is 4.90 Å². The summed E-state index contributed by atoms with van der Waals surface area (Å²) in [5.74, 6) is 0.0951. The van der Waals surface area contributed by atoms with Crippen LogP contribution in [0.1, 0.15) is 11.1 Å². The molecule has 0 radical (unpaired) electrons. The van der Waals surface area contributed by atoms with Gasteiger partial charge in [-0.3, -0.25) is 19.8 Å². The van der Waals surface area contributed by atoms with Crippen molar-refractivity contribution in [2.45, 2.75) is 6.61 Å². The first-order valence-corrected chi connectivity index (χ1v) is 8.72. The number of urea groups is 1. The molecule has 9 nitrogen and oxygen atoms in total. The topological polar surface area (TPSA) is 111 Å². The number of nitro benzene ring substituents is 1. The molecule has 0 aliphatic carbocycles. The van der Waals surface area contributed by atoms with Gasteiger partial charge in [0.15, 0.2) is 11.5 Å². The highest BCUT2D eigenvalue weighted by molar-refractivity contribution is 6.32. The molecule has 1 N–H and O–H groups in total. The maximum absolute atomic E-state index is 12.0.